The maximum atomic E-state index is 6.62. The van der Waals surface area contributed by atoms with Gasteiger partial charge in [-0.15, -0.1) is 0 Å². The van der Waals surface area contributed by atoms with Crippen molar-refractivity contribution < 1.29 is 4.42 Å². The van der Waals surface area contributed by atoms with Gasteiger partial charge in [-0.1, -0.05) is 152 Å². The highest BCUT2D eigenvalue weighted by Gasteiger charge is 2.17. The van der Waals surface area contributed by atoms with Crippen LogP contribution in [0.5, 0.6) is 0 Å². The van der Waals surface area contributed by atoms with Crippen LogP contribution in [0, 0.1) is 0 Å². The van der Waals surface area contributed by atoms with E-state index >= 15 is 0 Å². The molecule has 0 unspecified atom stereocenters. The van der Waals surface area contributed by atoms with E-state index in [4.69, 9.17) is 4.42 Å². The molecule has 254 valence electrons. The van der Waals surface area contributed by atoms with Crippen molar-refractivity contribution in [3.8, 4) is 44.5 Å². The summed E-state index contributed by atoms with van der Waals surface area (Å²) >= 11 is 0. The summed E-state index contributed by atoms with van der Waals surface area (Å²) in [5.41, 5.74) is 14.6. The fraction of sp³-hybridized carbons (Fsp3) is 0. The molecule has 0 N–H and O–H groups in total. The molecule has 0 amide bonds. The first-order chi connectivity index (χ1) is 26.8. The molecule has 0 bridgehead atoms. The first kappa shape index (κ1) is 31.6. The van der Waals surface area contributed by atoms with Gasteiger partial charge in [0.1, 0.15) is 11.2 Å². The van der Waals surface area contributed by atoms with Crippen LogP contribution in [0.4, 0.5) is 17.1 Å². The van der Waals surface area contributed by atoms with Crippen LogP contribution >= 0.6 is 0 Å². The summed E-state index contributed by atoms with van der Waals surface area (Å²) in [4.78, 5) is 2.32. The Kier molecular flexibility index (Phi) is 7.85. The first-order valence-electron chi connectivity index (χ1n) is 18.4. The lowest BCUT2D eigenvalue weighted by Gasteiger charge is -2.26. The van der Waals surface area contributed by atoms with Gasteiger partial charge in [0, 0.05) is 33.2 Å². The summed E-state index contributed by atoms with van der Waals surface area (Å²) in [7, 11) is 0. The molecule has 0 aliphatic heterocycles. The smallest absolute Gasteiger partial charge is 0.143 e. The third kappa shape index (κ3) is 5.71. The number of rotatable bonds is 7. The maximum Gasteiger partial charge on any atom is 0.143 e. The van der Waals surface area contributed by atoms with Crippen molar-refractivity contribution in [2.24, 2.45) is 0 Å². The zero-order valence-corrected chi connectivity index (χ0v) is 29.6. The number of furan rings is 1. The van der Waals surface area contributed by atoms with E-state index in [1.54, 1.807) is 0 Å². The second-order valence-corrected chi connectivity index (χ2v) is 13.7. The van der Waals surface area contributed by atoms with E-state index in [9.17, 15) is 0 Å². The highest BCUT2D eigenvalue weighted by atomic mass is 16.3. The minimum Gasteiger partial charge on any atom is -0.455 e. The van der Waals surface area contributed by atoms with Gasteiger partial charge in [-0.25, -0.2) is 0 Å². The lowest BCUT2D eigenvalue weighted by Crippen LogP contribution is -2.09. The third-order valence-electron chi connectivity index (χ3n) is 10.5. The Hall–Kier alpha value is -7.16. The van der Waals surface area contributed by atoms with E-state index in [-0.39, 0.29) is 0 Å². The highest BCUT2D eigenvalue weighted by molar-refractivity contribution is 6.19. The lowest BCUT2D eigenvalue weighted by atomic mass is 9.94. The summed E-state index contributed by atoms with van der Waals surface area (Å²) < 4.78 is 6.62. The van der Waals surface area contributed by atoms with Gasteiger partial charge in [-0.3, -0.25) is 0 Å². The monoisotopic (exact) mass is 689 g/mol. The van der Waals surface area contributed by atoms with Gasteiger partial charge in [-0.2, -0.15) is 0 Å². The Morgan fingerprint density at radius 2 is 0.741 bits per heavy atom. The number of hydrogen-bond donors (Lipinski definition) is 0. The van der Waals surface area contributed by atoms with E-state index in [2.05, 4.69) is 217 Å². The van der Waals surface area contributed by atoms with E-state index in [1.807, 2.05) is 0 Å². The molecule has 2 nitrogen and oxygen atoms in total. The predicted molar refractivity (Wildman–Crippen MR) is 228 cm³/mol. The summed E-state index contributed by atoms with van der Waals surface area (Å²) in [6.07, 6.45) is 0. The standard InChI is InChI=1S/C52H35NO/c1-4-13-36(14-5-1)38-23-28-44(29-24-38)53(43-19-8-3-9-20-43)45-30-25-39(26-31-45)48-35-50-49-34-42(41-18-12-17-40(33-41)37-15-6-2-7-16-37)27-32-51(49)54-52(50)47-22-11-10-21-46(47)48/h1-35H. The minimum atomic E-state index is 0.891. The molecule has 0 aliphatic rings. The number of para-hydroxylation sites is 1. The Balaban J connectivity index is 1.06. The average Bonchev–Trinajstić information content (AvgIpc) is 3.63. The van der Waals surface area contributed by atoms with Gasteiger partial charge < -0.3 is 9.32 Å². The van der Waals surface area contributed by atoms with Gasteiger partial charge in [0.25, 0.3) is 0 Å². The van der Waals surface area contributed by atoms with Crippen LogP contribution in [0.25, 0.3) is 77.2 Å². The number of hydrogen-bond acceptors (Lipinski definition) is 2. The molecule has 0 spiro atoms. The lowest BCUT2D eigenvalue weighted by molar-refractivity contribution is 0.673. The first-order valence-corrected chi connectivity index (χ1v) is 18.4. The third-order valence-corrected chi connectivity index (χ3v) is 10.5. The SMILES string of the molecule is c1ccc(-c2ccc(N(c3ccccc3)c3ccc(-c4cc5c6cc(-c7cccc(-c8ccccc8)c7)ccc6oc5c5ccccc45)cc3)cc2)cc1. The zero-order valence-electron chi connectivity index (χ0n) is 29.6. The largest absolute Gasteiger partial charge is 0.455 e. The van der Waals surface area contributed by atoms with Crippen LogP contribution in [0.2, 0.25) is 0 Å². The molecule has 1 heterocycles. The number of anilines is 3. The highest BCUT2D eigenvalue weighted by Crippen LogP contribution is 2.42. The van der Waals surface area contributed by atoms with E-state index in [0.717, 1.165) is 50.0 Å². The van der Waals surface area contributed by atoms with Crippen molar-refractivity contribution in [2.75, 3.05) is 4.90 Å². The summed E-state index contributed by atoms with van der Waals surface area (Å²) in [6, 6.07) is 75.7. The van der Waals surface area contributed by atoms with Gasteiger partial charge >= 0.3 is 0 Å². The summed E-state index contributed by atoms with van der Waals surface area (Å²) in [6.45, 7) is 0. The van der Waals surface area contributed by atoms with Gasteiger partial charge in [0.2, 0.25) is 0 Å². The number of nitrogens with zero attached hydrogens (tertiary/aromatic N) is 1. The van der Waals surface area contributed by atoms with Gasteiger partial charge in [-0.05, 0) is 111 Å². The maximum absolute atomic E-state index is 6.62. The van der Waals surface area contributed by atoms with E-state index in [1.165, 1.54) is 44.3 Å². The Morgan fingerprint density at radius 1 is 0.278 bits per heavy atom. The molecule has 0 saturated carbocycles. The molecule has 54 heavy (non-hydrogen) atoms. The Bertz CT molecular complexity index is 2890. The molecule has 0 fully saturated rings. The molecule has 1 aromatic heterocycles. The van der Waals surface area contributed by atoms with E-state index < -0.39 is 0 Å². The van der Waals surface area contributed by atoms with Crippen molar-refractivity contribution in [3.63, 3.8) is 0 Å². The van der Waals surface area contributed by atoms with Gasteiger partial charge in [0.05, 0.1) is 0 Å². The zero-order chi connectivity index (χ0) is 35.8. The van der Waals surface area contributed by atoms with Crippen molar-refractivity contribution in [2.45, 2.75) is 0 Å². The molecular formula is C52H35NO. The molecule has 2 heteroatoms. The second kappa shape index (κ2) is 13.4. The normalized spacial score (nSPS) is 11.3. The molecule has 10 rings (SSSR count). The average molecular weight is 690 g/mol. The van der Waals surface area contributed by atoms with Crippen LogP contribution < -0.4 is 4.90 Å². The van der Waals surface area contributed by atoms with Gasteiger partial charge in [0.15, 0.2) is 0 Å². The molecule has 10 aromatic rings. The second-order valence-electron chi connectivity index (χ2n) is 13.7. The molecular weight excluding hydrogens is 655 g/mol. The van der Waals surface area contributed by atoms with E-state index in [0.29, 0.717) is 0 Å². The molecule has 0 atom stereocenters. The van der Waals surface area contributed by atoms with Crippen LogP contribution in [0.3, 0.4) is 0 Å². The van der Waals surface area contributed by atoms with Crippen LogP contribution in [0.1, 0.15) is 0 Å². The van der Waals surface area contributed by atoms with Crippen LogP contribution in [0.15, 0.2) is 217 Å². The molecule has 0 saturated heterocycles. The Labute approximate surface area is 314 Å². The molecule has 0 radical (unpaired) electrons. The number of benzene rings is 9. The minimum absolute atomic E-state index is 0.891. The fourth-order valence-corrected chi connectivity index (χ4v) is 7.77. The number of fused-ring (bicyclic) bond motifs is 5. The molecule has 9 aromatic carbocycles. The quantitative estimate of drug-likeness (QED) is 0.166. The molecule has 0 aliphatic carbocycles. The van der Waals surface area contributed by atoms with Crippen molar-refractivity contribution >= 4 is 49.8 Å². The Morgan fingerprint density at radius 3 is 1.41 bits per heavy atom. The predicted octanol–water partition coefficient (Wildman–Crippen LogP) is 14.9. The topological polar surface area (TPSA) is 16.4 Å². The van der Waals surface area contributed by atoms with Crippen LogP contribution in [-0.4, -0.2) is 0 Å². The van der Waals surface area contributed by atoms with Crippen molar-refractivity contribution in [3.05, 3.63) is 212 Å². The van der Waals surface area contributed by atoms with Crippen LogP contribution in [-0.2, 0) is 0 Å². The van der Waals surface area contributed by atoms with Crippen molar-refractivity contribution in [1.82, 2.24) is 0 Å². The summed E-state index contributed by atoms with van der Waals surface area (Å²) in [5.74, 6) is 0. The fourth-order valence-electron chi connectivity index (χ4n) is 7.77. The summed E-state index contributed by atoms with van der Waals surface area (Å²) in [5, 5.41) is 4.52. The van der Waals surface area contributed by atoms with Crippen molar-refractivity contribution in [1.29, 1.82) is 0 Å².